The van der Waals surface area contributed by atoms with Crippen molar-refractivity contribution in [2.75, 3.05) is 6.54 Å². The summed E-state index contributed by atoms with van der Waals surface area (Å²) in [4.78, 5) is 26.0. The Kier molecular flexibility index (Phi) is 3.27. The summed E-state index contributed by atoms with van der Waals surface area (Å²) in [5.41, 5.74) is 0. The molecule has 5 atom stereocenters. The Bertz CT molecular complexity index is 396. The third-order valence-corrected chi connectivity index (χ3v) is 5.36. The topological polar surface area (TPSA) is 49.4 Å². The minimum Gasteiger partial charge on any atom is -0.345 e. The Morgan fingerprint density at radius 3 is 2.63 bits per heavy atom. The fraction of sp³-hybridized carbons (Fsp3) is 0.867. The van der Waals surface area contributed by atoms with Gasteiger partial charge in [-0.1, -0.05) is 6.42 Å². The summed E-state index contributed by atoms with van der Waals surface area (Å²) in [5.74, 6) is 2.51. The van der Waals surface area contributed by atoms with E-state index >= 15 is 0 Å². The van der Waals surface area contributed by atoms with Gasteiger partial charge in [-0.25, -0.2) is 0 Å². The molecule has 0 aromatic carbocycles. The Hall–Kier alpha value is -1.06. The van der Waals surface area contributed by atoms with Crippen LogP contribution in [0.2, 0.25) is 0 Å². The number of nitrogens with zero attached hydrogens (tertiary/aromatic N) is 1. The molecule has 2 amide bonds. The second kappa shape index (κ2) is 4.80. The summed E-state index contributed by atoms with van der Waals surface area (Å²) < 4.78 is 0. The average molecular weight is 264 g/mol. The molecule has 4 heteroatoms. The molecule has 106 valence electrons. The van der Waals surface area contributed by atoms with Crippen LogP contribution in [-0.4, -0.2) is 35.3 Å². The molecule has 3 aliphatic rings. The van der Waals surface area contributed by atoms with Crippen molar-refractivity contribution in [1.82, 2.24) is 10.2 Å². The highest BCUT2D eigenvalue weighted by molar-refractivity contribution is 5.90. The van der Waals surface area contributed by atoms with Crippen molar-refractivity contribution >= 4 is 11.8 Å². The smallest absolute Gasteiger partial charge is 0.245 e. The standard InChI is InChI=1S/C15H24N2O2/c1-9-5-14(18)16-10(2)15(19)17(9)8-13-7-11-3-4-12(13)6-11/h9-13H,3-8H2,1-2H3,(H,16,18). The maximum Gasteiger partial charge on any atom is 0.245 e. The molecule has 5 unspecified atom stereocenters. The van der Waals surface area contributed by atoms with Crippen molar-refractivity contribution < 1.29 is 9.59 Å². The van der Waals surface area contributed by atoms with Gasteiger partial charge in [0.15, 0.2) is 0 Å². The van der Waals surface area contributed by atoms with Crippen LogP contribution in [0.1, 0.15) is 46.0 Å². The predicted molar refractivity (Wildman–Crippen MR) is 72.3 cm³/mol. The predicted octanol–water partition coefficient (Wildman–Crippen LogP) is 1.55. The van der Waals surface area contributed by atoms with Gasteiger partial charge in [-0.05, 0) is 50.9 Å². The number of fused-ring (bicyclic) bond motifs is 2. The highest BCUT2D eigenvalue weighted by atomic mass is 16.2. The van der Waals surface area contributed by atoms with Crippen LogP contribution in [0.4, 0.5) is 0 Å². The van der Waals surface area contributed by atoms with Gasteiger partial charge >= 0.3 is 0 Å². The summed E-state index contributed by atoms with van der Waals surface area (Å²) in [6.45, 7) is 4.66. The largest absolute Gasteiger partial charge is 0.345 e. The van der Waals surface area contributed by atoms with Crippen molar-refractivity contribution in [3.63, 3.8) is 0 Å². The van der Waals surface area contributed by atoms with Gasteiger partial charge in [0.25, 0.3) is 0 Å². The maximum absolute atomic E-state index is 12.4. The molecule has 1 aliphatic heterocycles. The van der Waals surface area contributed by atoms with E-state index in [1.165, 1.54) is 25.7 Å². The van der Waals surface area contributed by atoms with Gasteiger partial charge < -0.3 is 10.2 Å². The second-order valence-corrected chi connectivity index (χ2v) is 6.77. The average Bonchev–Trinajstić information content (AvgIpc) is 2.94. The molecule has 1 heterocycles. The number of nitrogens with one attached hydrogen (secondary N) is 1. The van der Waals surface area contributed by atoms with Crippen LogP contribution in [0, 0.1) is 17.8 Å². The SMILES string of the molecule is CC1NC(=O)CC(C)N(CC2CC3CCC2C3)C1=O. The van der Waals surface area contributed by atoms with E-state index < -0.39 is 0 Å². The molecule has 19 heavy (non-hydrogen) atoms. The van der Waals surface area contributed by atoms with E-state index in [1.807, 2.05) is 11.8 Å². The minimum atomic E-state index is -0.365. The number of rotatable bonds is 2. The normalized spacial score (nSPS) is 42.4. The Balaban J connectivity index is 1.70. The van der Waals surface area contributed by atoms with Crippen LogP contribution in [-0.2, 0) is 9.59 Å². The van der Waals surface area contributed by atoms with Gasteiger partial charge in [-0.15, -0.1) is 0 Å². The van der Waals surface area contributed by atoms with Crippen molar-refractivity contribution in [3.8, 4) is 0 Å². The van der Waals surface area contributed by atoms with E-state index in [4.69, 9.17) is 0 Å². The van der Waals surface area contributed by atoms with Gasteiger partial charge in [0.2, 0.25) is 11.8 Å². The fourth-order valence-corrected chi connectivity index (χ4v) is 4.33. The molecule has 0 aromatic heterocycles. The van der Waals surface area contributed by atoms with Gasteiger partial charge in [0, 0.05) is 19.0 Å². The van der Waals surface area contributed by atoms with E-state index in [0.717, 1.165) is 18.4 Å². The molecule has 2 saturated carbocycles. The summed E-state index contributed by atoms with van der Waals surface area (Å²) in [6.07, 6.45) is 5.83. The van der Waals surface area contributed by atoms with Crippen LogP contribution >= 0.6 is 0 Å². The molecule has 0 radical (unpaired) electrons. The zero-order chi connectivity index (χ0) is 13.6. The van der Waals surface area contributed by atoms with E-state index in [2.05, 4.69) is 5.32 Å². The molecule has 2 aliphatic carbocycles. The molecule has 3 fully saturated rings. The molecule has 1 N–H and O–H groups in total. The number of carbonyl (C=O) groups is 2. The summed E-state index contributed by atoms with van der Waals surface area (Å²) in [6, 6.07) is -0.326. The molecular weight excluding hydrogens is 240 g/mol. The molecular formula is C15H24N2O2. The zero-order valence-electron chi connectivity index (χ0n) is 11.9. The first-order chi connectivity index (χ1) is 9.04. The summed E-state index contributed by atoms with van der Waals surface area (Å²) >= 11 is 0. The lowest BCUT2D eigenvalue weighted by molar-refractivity contribution is -0.135. The Labute approximate surface area is 114 Å². The highest BCUT2D eigenvalue weighted by Gasteiger charge is 2.42. The lowest BCUT2D eigenvalue weighted by Crippen LogP contribution is -2.47. The molecule has 4 nitrogen and oxygen atoms in total. The Morgan fingerprint density at radius 1 is 1.21 bits per heavy atom. The molecule has 0 spiro atoms. The van der Waals surface area contributed by atoms with Crippen LogP contribution in [0.5, 0.6) is 0 Å². The number of amides is 2. The maximum atomic E-state index is 12.4. The first-order valence-corrected chi connectivity index (χ1v) is 7.64. The molecule has 1 saturated heterocycles. The fourth-order valence-electron chi connectivity index (χ4n) is 4.33. The van der Waals surface area contributed by atoms with Gasteiger partial charge in [0.05, 0.1) is 0 Å². The first-order valence-electron chi connectivity index (χ1n) is 7.64. The molecule has 3 rings (SSSR count). The van der Waals surface area contributed by atoms with Crippen LogP contribution < -0.4 is 5.32 Å². The molecule has 2 bridgehead atoms. The zero-order valence-corrected chi connectivity index (χ0v) is 11.9. The van der Waals surface area contributed by atoms with Crippen LogP contribution in [0.15, 0.2) is 0 Å². The number of carbonyl (C=O) groups excluding carboxylic acids is 2. The van der Waals surface area contributed by atoms with Crippen molar-refractivity contribution in [2.24, 2.45) is 17.8 Å². The van der Waals surface area contributed by atoms with Crippen LogP contribution in [0.3, 0.4) is 0 Å². The van der Waals surface area contributed by atoms with E-state index in [0.29, 0.717) is 12.3 Å². The number of hydrogen-bond donors (Lipinski definition) is 1. The quantitative estimate of drug-likeness (QED) is 0.822. The van der Waals surface area contributed by atoms with Gasteiger partial charge in [0.1, 0.15) is 6.04 Å². The van der Waals surface area contributed by atoms with Crippen molar-refractivity contribution in [2.45, 2.75) is 58.0 Å². The second-order valence-electron chi connectivity index (χ2n) is 6.77. The monoisotopic (exact) mass is 264 g/mol. The number of hydrogen-bond acceptors (Lipinski definition) is 2. The van der Waals surface area contributed by atoms with E-state index in [-0.39, 0.29) is 23.9 Å². The summed E-state index contributed by atoms with van der Waals surface area (Å²) in [5, 5.41) is 2.78. The van der Waals surface area contributed by atoms with Gasteiger partial charge in [-0.2, -0.15) is 0 Å². The van der Waals surface area contributed by atoms with Gasteiger partial charge in [-0.3, -0.25) is 9.59 Å². The van der Waals surface area contributed by atoms with Crippen LogP contribution in [0.25, 0.3) is 0 Å². The lowest BCUT2D eigenvalue weighted by Gasteiger charge is -2.33. The minimum absolute atomic E-state index is 0.00351. The first kappa shape index (κ1) is 12.9. The van der Waals surface area contributed by atoms with E-state index in [9.17, 15) is 9.59 Å². The summed E-state index contributed by atoms with van der Waals surface area (Å²) in [7, 11) is 0. The third kappa shape index (κ3) is 2.37. The lowest BCUT2D eigenvalue weighted by atomic mass is 9.88. The van der Waals surface area contributed by atoms with Crippen molar-refractivity contribution in [3.05, 3.63) is 0 Å². The highest BCUT2D eigenvalue weighted by Crippen LogP contribution is 2.48. The molecule has 0 aromatic rings. The Morgan fingerprint density at radius 2 is 2.00 bits per heavy atom. The third-order valence-electron chi connectivity index (χ3n) is 5.36. The van der Waals surface area contributed by atoms with E-state index in [1.54, 1.807) is 6.92 Å². The van der Waals surface area contributed by atoms with Crippen molar-refractivity contribution in [1.29, 1.82) is 0 Å².